The summed E-state index contributed by atoms with van der Waals surface area (Å²) in [4.78, 5) is 4.63. The summed E-state index contributed by atoms with van der Waals surface area (Å²) >= 11 is 1.67. The zero-order chi connectivity index (χ0) is 14.8. The van der Waals surface area contributed by atoms with Gasteiger partial charge in [-0.05, 0) is 32.2 Å². The molecule has 0 aliphatic rings. The Morgan fingerprint density at radius 1 is 1.24 bits per heavy atom. The van der Waals surface area contributed by atoms with Crippen LogP contribution in [0.3, 0.4) is 0 Å². The summed E-state index contributed by atoms with van der Waals surface area (Å²) in [5.74, 6) is -0.166. The van der Waals surface area contributed by atoms with Gasteiger partial charge in [-0.15, -0.1) is 11.3 Å². The molecule has 1 aromatic heterocycles. The summed E-state index contributed by atoms with van der Waals surface area (Å²) in [6.07, 6.45) is 0.691. The van der Waals surface area contributed by atoms with Gasteiger partial charge in [0.05, 0.1) is 15.2 Å². The van der Waals surface area contributed by atoms with Crippen LogP contribution in [0.2, 0.25) is 0 Å². The second kappa shape index (κ2) is 5.92. The minimum absolute atomic E-state index is 0.0644. The SMILES string of the molecule is CNC(Cc1nc2ccccc2s1)c1cc(C)ccc1F. The third kappa shape index (κ3) is 2.96. The van der Waals surface area contributed by atoms with Crippen LogP contribution in [0.5, 0.6) is 0 Å². The largest absolute Gasteiger partial charge is 0.313 e. The Labute approximate surface area is 127 Å². The van der Waals surface area contributed by atoms with Gasteiger partial charge in [-0.2, -0.15) is 0 Å². The van der Waals surface area contributed by atoms with Gasteiger partial charge in [-0.25, -0.2) is 9.37 Å². The summed E-state index contributed by atoms with van der Waals surface area (Å²) in [7, 11) is 1.86. The number of aromatic nitrogens is 1. The maximum absolute atomic E-state index is 14.1. The maximum Gasteiger partial charge on any atom is 0.128 e. The molecule has 1 N–H and O–H groups in total. The van der Waals surface area contributed by atoms with E-state index in [9.17, 15) is 4.39 Å². The number of benzene rings is 2. The van der Waals surface area contributed by atoms with E-state index in [4.69, 9.17) is 0 Å². The van der Waals surface area contributed by atoms with Crippen LogP contribution >= 0.6 is 11.3 Å². The van der Waals surface area contributed by atoms with Gasteiger partial charge in [0.25, 0.3) is 0 Å². The number of fused-ring (bicyclic) bond motifs is 1. The third-order valence-corrected chi connectivity index (χ3v) is 4.65. The fraction of sp³-hybridized carbons (Fsp3) is 0.235. The Balaban J connectivity index is 1.91. The minimum atomic E-state index is -0.166. The first-order valence-electron chi connectivity index (χ1n) is 6.95. The summed E-state index contributed by atoms with van der Waals surface area (Å²) in [5, 5.41) is 4.23. The van der Waals surface area contributed by atoms with E-state index in [1.165, 1.54) is 10.8 Å². The first-order chi connectivity index (χ1) is 10.2. The molecule has 0 bridgehead atoms. The second-order valence-electron chi connectivity index (χ2n) is 5.15. The van der Waals surface area contributed by atoms with Crippen LogP contribution in [-0.2, 0) is 6.42 Å². The van der Waals surface area contributed by atoms with Crippen LogP contribution in [-0.4, -0.2) is 12.0 Å². The van der Waals surface area contributed by atoms with Crippen LogP contribution in [0.1, 0.15) is 22.2 Å². The number of hydrogen-bond acceptors (Lipinski definition) is 3. The van der Waals surface area contributed by atoms with E-state index in [0.717, 1.165) is 16.1 Å². The molecule has 0 spiro atoms. The molecule has 0 fully saturated rings. The van der Waals surface area contributed by atoms with Crippen LogP contribution in [0.4, 0.5) is 4.39 Å². The van der Waals surface area contributed by atoms with Crippen molar-refractivity contribution in [3.05, 3.63) is 64.4 Å². The van der Waals surface area contributed by atoms with Gasteiger partial charge in [0.1, 0.15) is 5.82 Å². The highest BCUT2D eigenvalue weighted by Gasteiger charge is 2.17. The molecule has 3 aromatic rings. The lowest BCUT2D eigenvalue weighted by Gasteiger charge is -2.16. The van der Waals surface area contributed by atoms with Crippen LogP contribution in [0.25, 0.3) is 10.2 Å². The summed E-state index contributed by atoms with van der Waals surface area (Å²) in [5.41, 5.74) is 2.78. The third-order valence-electron chi connectivity index (χ3n) is 3.59. The predicted octanol–water partition coefficient (Wildman–Crippen LogP) is 4.25. The fourth-order valence-electron chi connectivity index (χ4n) is 2.48. The highest BCUT2D eigenvalue weighted by Crippen LogP contribution is 2.27. The Morgan fingerprint density at radius 3 is 2.81 bits per heavy atom. The molecule has 21 heavy (non-hydrogen) atoms. The van der Waals surface area contributed by atoms with Crippen LogP contribution in [0, 0.1) is 12.7 Å². The van der Waals surface area contributed by atoms with Crippen molar-refractivity contribution in [2.75, 3.05) is 7.05 Å². The number of nitrogens with zero attached hydrogens (tertiary/aromatic N) is 1. The topological polar surface area (TPSA) is 24.9 Å². The van der Waals surface area contributed by atoms with Gasteiger partial charge in [0.15, 0.2) is 0 Å². The van der Waals surface area contributed by atoms with Gasteiger partial charge in [-0.1, -0.05) is 29.8 Å². The van der Waals surface area contributed by atoms with E-state index >= 15 is 0 Å². The van der Waals surface area contributed by atoms with E-state index in [-0.39, 0.29) is 11.9 Å². The second-order valence-corrected chi connectivity index (χ2v) is 6.26. The number of thiazole rings is 1. The van der Waals surface area contributed by atoms with E-state index < -0.39 is 0 Å². The lowest BCUT2D eigenvalue weighted by molar-refractivity contribution is 0.533. The Kier molecular flexibility index (Phi) is 3.99. The molecule has 2 nitrogen and oxygen atoms in total. The van der Waals surface area contributed by atoms with Crippen molar-refractivity contribution in [2.24, 2.45) is 0 Å². The van der Waals surface area contributed by atoms with E-state index in [1.807, 2.05) is 38.2 Å². The van der Waals surface area contributed by atoms with Crippen LogP contribution < -0.4 is 5.32 Å². The molecule has 2 aromatic carbocycles. The van der Waals surface area contributed by atoms with Gasteiger partial charge in [-0.3, -0.25) is 0 Å². The zero-order valence-corrected chi connectivity index (χ0v) is 12.9. The van der Waals surface area contributed by atoms with Gasteiger partial charge in [0, 0.05) is 18.0 Å². The number of aryl methyl sites for hydroxylation is 1. The van der Waals surface area contributed by atoms with E-state index in [2.05, 4.69) is 16.4 Å². The number of hydrogen-bond donors (Lipinski definition) is 1. The molecular formula is C17H17FN2S. The van der Waals surface area contributed by atoms with E-state index in [0.29, 0.717) is 12.0 Å². The lowest BCUT2D eigenvalue weighted by Crippen LogP contribution is -2.20. The van der Waals surface area contributed by atoms with Gasteiger partial charge < -0.3 is 5.32 Å². The Hall–Kier alpha value is -1.78. The minimum Gasteiger partial charge on any atom is -0.313 e. The normalized spacial score (nSPS) is 12.7. The number of halogens is 1. The standard InChI is InChI=1S/C17H17FN2S/c1-11-7-8-13(18)12(9-11)15(19-2)10-17-20-14-5-3-4-6-16(14)21-17/h3-9,15,19H,10H2,1-2H3. The van der Waals surface area contributed by atoms with Crippen molar-refractivity contribution in [1.82, 2.24) is 10.3 Å². The van der Waals surface area contributed by atoms with Gasteiger partial charge >= 0.3 is 0 Å². The molecule has 0 radical (unpaired) electrons. The average molecular weight is 300 g/mol. The quantitative estimate of drug-likeness (QED) is 0.779. The van der Waals surface area contributed by atoms with Crippen molar-refractivity contribution in [2.45, 2.75) is 19.4 Å². The number of para-hydroxylation sites is 1. The highest BCUT2D eigenvalue weighted by atomic mass is 32.1. The molecule has 1 atom stereocenters. The molecule has 0 saturated heterocycles. The van der Waals surface area contributed by atoms with Crippen LogP contribution in [0.15, 0.2) is 42.5 Å². The molecule has 108 valence electrons. The first kappa shape index (κ1) is 14.2. The maximum atomic E-state index is 14.1. The Bertz CT molecular complexity index is 733. The fourth-order valence-corrected chi connectivity index (χ4v) is 3.49. The molecular weight excluding hydrogens is 283 g/mol. The Morgan fingerprint density at radius 2 is 2.05 bits per heavy atom. The smallest absolute Gasteiger partial charge is 0.128 e. The summed E-state index contributed by atoms with van der Waals surface area (Å²) in [6, 6.07) is 13.3. The van der Waals surface area contributed by atoms with Crippen molar-refractivity contribution in [3.8, 4) is 0 Å². The molecule has 0 saturated carbocycles. The van der Waals surface area contributed by atoms with Crippen molar-refractivity contribution in [1.29, 1.82) is 0 Å². The van der Waals surface area contributed by atoms with Crippen molar-refractivity contribution in [3.63, 3.8) is 0 Å². The molecule has 1 unspecified atom stereocenters. The number of nitrogens with one attached hydrogen (secondary N) is 1. The number of rotatable bonds is 4. The molecule has 0 aliphatic carbocycles. The molecule has 4 heteroatoms. The van der Waals surface area contributed by atoms with E-state index in [1.54, 1.807) is 17.4 Å². The van der Waals surface area contributed by atoms with Crippen molar-refractivity contribution < 1.29 is 4.39 Å². The monoisotopic (exact) mass is 300 g/mol. The lowest BCUT2D eigenvalue weighted by atomic mass is 10.0. The predicted molar refractivity (Wildman–Crippen MR) is 86.3 cm³/mol. The zero-order valence-electron chi connectivity index (χ0n) is 12.1. The summed E-state index contributed by atoms with van der Waals surface area (Å²) < 4.78 is 15.2. The first-order valence-corrected chi connectivity index (χ1v) is 7.77. The molecule has 0 amide bonds. The number of likely N-dealkylation sites (N-methyl/N-ethyl adjacent to an activating group) is 1. The summed E-state index contributed by atoms with van der Waals surface area (Å²) in [6.45, 7) is 1.98. The van der Waals surface area contributed by atoms with Crippen molar-refractivity contribution >= 4 is 21.6 Å². The molecule has 3 rings (SSSR count). The molecule has 1 heterocycles. The average Bonchev–Trinajstić information content (AvgIpc) is 2.90. The van der Waals surface area contributed by atoms with Gasteiger partial charge in [0.2, 0.25) is 0 Å². The highest BCUT2D eigenvalue weighted by molar-refractivity contribution is 7.18. The molecule has 0 aliphatic heterocycles.